The van der Waals surface area contributed by atoms with E-state index >= 15 is 0 Å². The summed E-state index contributed by atoms with van der Waals surface area (Å²) >= 11 is 1.69. The van der Waals surface area contributed by atoms with Gasteiger partial charge in [-0.05, 0) is 24.6 Å². The van der Waals surface area contributed by atoms with Crippen molar-refractivity contribution in [2.75, 3.05) is 44.0 Å². The fraction of sp³-hybridized carbons (Fsp3) is 0.462. The molecule has 10 nitrogen and oxygen atoms in total. The van der Waals surface area contributed by atoms with E-state index in [-0.39, 0.29) is 47.0 Å². The van der Waals surface area contributed by atoms with Gasteiger partial charge in [-0.25, -0.2) is 0 Å². The van der Waals surface area contributed by atoms with Crippen molar-refractivity contribution in [2.45, 2.75) is 42.4 Å². The Morgan fingerprint density at radius 2 is 2.11 bits per heavy atom. The fourth-order valence-corrected chi connectivity index (χ4v) is 7.21. The predicted molar refractivity (Wildman–Crippen MR) is 148 cm³/mol. The number of hydrogen-bond donors (Lipinski definition) is 8. The van der Waals surface area contributed by atoms with Crippen LogP contribution in [-0.2, 0) is 6.42 Å². The number of carbonyl (C=O) groups is 1. The third-order valence-electron chi connectivity index (χ3n) is 7.68. The van der Waals surface area contributed by atoms with Crippen LogP contribution in [0.3, 0.4) is 0 Å². The topological polar surface area (TPSA) is 184 Å². The highest BCUT2D eigenvalue weighted by atomic mass is 32.2. The summed E-state index contributed by atoms with van der Waals surface area (Å²) in [6, 6.07) is 4.07. The van der Waals surface area contributed by atoms with E-state index in [9.17, 15) is 15.0 Å². The molecule has 2 aliphatic carbocycles. The summed E-state index contributed by atoms with van der Waals surface area (Å²) in [4.78, 5) is 13.6. The molecule has 1 saturated heterocycles. The first-order valence-electron chi connectivity index (χ1n) is 12.5. The van der Waals surface area contributed by atoms with Crippen molar-refractivity contribution in [3.8, 4) is 5.75 Å². The van der Waals surface area contributed by atoms with Gasteiger partial charge in [0.1, 0.15) is 11.2 Å². The van der Waals surface area contributed by atoms with Crippen LogP contribution in [0.2, 0.25) is 0 Å². The van der Waals surface area contributed by atoms with Gasteiger partial charge in [-0.3, -0.25) is 20.8 Å². The Labute approximate surface area is 220 Å². The third kappa shape index (κ3) is 4.19. The van der Waals surface area contributed by atoms with Crippen LogP contribution in [-0.4, -0.2) is 71.8 Å². The molecule has 0 radical (unpaired) electrons. The molecular formula is C26H34N7O3S-. The standard InChI is InChI=1S/C26H34N7O3S/c1-30-7-4-8-32-25-33-16(11-37-25)26(36)9-13-18(15(28)10-26)22(31-2)19-20(24(13)35)23(34)12-5-3-6-14(27)17(12)21(19)29/h3,5-6,15-16,25,29,31-33,35-36H,4,7-11,27-28H2,1-2H3/q-1/t15-,16?,25?,26-/m0/s1. The number of fused-ring (bicyclic) bond motifs is 3. The molecule has 1 aliphatic heterocycles. The fourth-order valence-electron chi connectivity index (χ4n) is 5.92. The van der Waals surface area contributed by atoms with E-state index in [0.717, 1.165) is 19.5 Å². The summed E-state index contributed by atoms with van der Waals surface area (Å²) in [7, 11) is 3.51. The summed E-state index contributed by atoms with van der Waals surface area (Å²) in [5.74, 6) is 0.0595. The summed E-state index contributed by atoms with van der Waals surface area (Å²) < 4.78 is 0. The van der Waals surface area contributed by atoms with Gasteiger partial charge >= 0.3 is 0 Å². The van der Waals surface area contributed by atoms with Gasteiger partial charge in [0.15, 0.2) is 5.78 Å². The number of nitrogen functional groups attached to an aromatic ring is 1. The smallest absolute Gasteiger partial charge is 0.198 e. The number of ketones is 1. The van der Waals surface area contributed by atoms with Gasteiger partial charge in [0.25, 0.3) is 0 Å². The van der Waals surface area contributed by atoms with Crippen molar-refractivity contribution in [1.29, 1.82) is 5.41 Å². The molecule has 0 spiro atoms. The molecule has 1 heterocycles. The molecule has 0 amide bonds. The second-order valence-electron chi connectivity index (χ2n) is 9.96. The molecule has 5 rings (SSSR count). The minimum atomic E-state index is -1.22. The van der Waals surface area contributed by atoms with Gasteiger partial charge in [-0.1, -0.05) is 18.6 Å². The quantitative estimate of drug-likeness (QED) is 0.129. The first kappa shape index (κ1) is 26.0. The lowest BCUT2D eigenvalue weighted by atomic mass is 9.70. The molecule has 1 fully saturated rings. The number of rotatable bonds is 7. The maximum atomic E-state index is 13.6. The molecule has 2 aromatic rings. The largest absolute Gasteiger partial charge is 0.665 e. The normalized spacial score (nSPS) is 26.5. The highest BCUT2D eigenvalue weighted by Crippen LogP contribution is 2.50. The number of aliphatic hydroxyl groups is 1. The van der Waals surface area contributed by atoms with Crippen LogP contribution in [0.1, 0.15) is 57.1 Å². The van der Waals surface area contributed by atoms with Gasteiger partial charge in [-0.2, -0.15) is 7.05 Å². The number of hydrogen-bond acceptors (Lipinski definition) is 10. The van der Waals surface area contributed by atoms with Crippen molar-refractivity contribution in [3.63, 3.8) is 0 Å². The molecule has 2 unspecified atom stereocenters. The van der Waals surface area contributed by atoms with Crippen molar-refractivity contribution in [2.24, 2.45) is 5.73 Å². The van der Waals surface area contributed by atoms with Gasteiger partial charge < -0.3 is 32.3 Å². The van der Waals surface area contributed by atoms with E-state index in [0.29, 0.717) is 39.4 Å². The zero-order chi connectivity index (χ0) is 26.5. The summed E-state index contributed by atoms with van der Waals surface area (Å²) in [6.07, 6.45) is 1.34. The van der Waals surface area contributed by atoms with Crippen LogP contribution < -0.4 is 27.4 Å². The maximum absolute atomic E-state index is 13.6. The number of benzene rings is 2. The number of phenolic OH excluding ortho intramolecular Hbond substituents is 1. The Balaban J connectivity index is 1.52. The first-order chi connectivity index (χ1) is 17.7. The second kappa shape index (κ2) is 9.90. The molecule has 0 bridgehead atoms. The van der Waals surface area contributed by atoms with E-state index in [1.54, 1.807) is 44.1 Å². The number of phenols is 1. The number of carbonyl (C=O) groups excluding carboxylic acids is 1. The lowest BCUT2D eigenvalue weighted by Gasteiger charge is -2.43. The number of nitrogens with two attached hydrogens (primary N) is 2. The number of aromatic hydroxyl groups is 1. The molecule has 3 aliphatic rings. The van der Waals surface area contributed by atoms with Gasteiger partial charge in [0.2, 0.25) is 0 Å². The molecular weight excluding hydrogens is 490 g/mol. The van der Waals surface area contributed by atoms with Crippen molar-refractivity contribution < 1.29 is 15.0 Å². The number of nitrogens with zero attached hydrogens (tertiary/aromatic N) is 1. The summed E-state index contributed by atoms with van der Waals surface area (Å²) in [5.41, 5.74) is 14.6. The lowest BCUT2D eigenvalue weighted by molar-refractivity contribution is -0.0105. The predicted octanol–water partition coefficient (Wildman–Crippen LogP) is 1.63. The Kier molecular flexibility index (Phi) is 6.94. The molecule has 0 saturated carbocycles. The molecule has 37 heavy (non-hydrogen) atoms. The Bertz CT molecular complexity index is 1270. The average molecular weight is 525 g/mol. The van der Waals surface area contributed by atoms with E-state index < -0.39 is 17.4 Å². The number of nitrogens with one attached hydrogen (secondary N) is 4. The van der Waals surface area contributed by atoms with Crippen LogP contribution in [0.15, 0.2) is 18.2 Å². The first-order valence-corrected chi connectivity index (χ1v) is 13.5. The van der Waals surface area contributed by atoms with Crippen molar-refractivity contribution in [1.82, 2.24) is 10.6 Å². The van der Waals surface area contributed by atoms with Gasteiger partial charge in [0.05, 0.1) is 16.9 Å². The summed E-state index contributed by atoms with van der Waals surface area (Å²) in [5, 5.41) is 46.4. The minimum absolute atomic E-state index is 0.00230. The molecule has 4 atom stereocenters. The minimum Gasteiger partial charge on any atom is -0.665 e. The SMILES string of the molecule is C[N-]CCCNC1NC([C@]2(O)Cc3c(O)c4c(c(NC)c3[C@@H](N)C2)C(=N)c2c(N)cccc2C4=O)CS1. The number of anilines is 2. The Hall–Kier alpha value is -2.67. The van der Waals surface area contributed by atoms with Crippen LogP contribution in [0.4, 0.5) is 11.4 Å². The highest BCUT2D eigenvalue weighted by Gasteiger charge is 2.49. The zero-order valence-electron chi connectivity index (χ0n) is 21.0. The number of thioether (sulfide) groups is 1. The zero-order valence-corrected chi connectivity index (χ0v) is 21.8. The average Bonchev–Trinajstić information content (AvgIpc) is 3.35. The highest BCUT2D eigenvalue weighted by molar-refractivity contribution is 8.00. The summed E-state index contributed by atoms with van der Waals surface area (Å²) in [6.45, 7) is 1.61. The second-order valence-corrected chi connectivity index (χ2v) is 11.1. The maximum Gasteiger partial charge on any atom is 0.198 e. The Morgan fingerprint density at radius 1 is 1.32 bits per heavy atom. The molecule has 0 aromatic heterocycles. The van der Waals surface area contributed by atoms with Crippen molar-refractivity contribution in [3.05, 3.63) is 56.9 Å². The van der Waals surface area contributed by atoms with E-state index in [4.69, 9.17) is 16.9 Å². The third-order valence-corrected chi connectivity index (χ3v) is 8.84. The molecule has 11 heteroatoms. The monoisotopic (exact) mass is 524 g/mol. The molecule has 2 aromatic carbocycles. The lowest BCUT2D eigenvalue weighted by Crippen LogP contribution is -2.56. The van der Waals surface area contributed by atoms with Gasteiger partial charge in [-0.15, -0.1) is 18.3 Å². The van der Waals surface area contributed by atoms with Crippen LogP contribution in [0, 0.1) is 5.41 Å². The molecule has 10 N–H and O–H groups in total. The van der Waals surface area contributed by atoms with Crippen LogP contribution >= 0.6 is 11.8 Å². The van der Waals surface area contributed by atoms with Crippen LogP contribution in [0.5, 0.6) is 5.75 Å². The van der Waals surface area contributed by atoms with E-state index in [1.165, 1.54) is 0 Å². The van der Waals surface area contributed by atoms with Crippen molar-refractivity contribution >= 4 is 34.6 Å². The van der Waals surface area contributed by atoms with E-state index in [1.807, 2.05) is 0 Å². The Morgan fingerprint density at radius 3 is 2.84 bits per heavy atom. The van der Waals surface area contributed by atoms with Crippen LogP contribution in [0.25, 0.3) is 5.32 Å². The molecule has 198 valence electrons. The van der Waals surface area contributed by atoms with Gasteiger partial charge in [0, 0.05) is 64.9 Å². The van der Waals surface area contributed by atoms with E-state index in [2.05, 4.69) is 21.3 Å².